The Kier molecular flexibility index (Phi) is 6.66. The molecule has 4 rings (SSSR count). The Morgan fingerprint density at radius 3 is 2.59 bits per heavy atom. The molecule has 3 aromatic rings. The fourth-order valence-electron chi connectivity index (χ4n) is 3.49. The van der Waals surface area contributed by atoms with Crippen molar-refractivity contribution in [2.24, 2.45) is 4.99 Å². The summed E-state index contributed by atoms with van der Waals surface area (Å²) in [7, 11) is 0. The third kappa shape index (κ3) is 4.39. The summed E-state index contributed by atoms with van der Waals surface area (Å²) in [6, 6.07) is 11.8. The Morgan fingerprint density at radius 2 is 1.91 bits per heavy atom. The van der Waals surface area contributed by atoms with Crippen LogP contribution in [-0.2, 0) is 6.61 Å². The molecule has 6 N–H and O–H groups in total. The first-order valence-electron chi connectivity index (χ1n) is 9.68. The van der Waals surface area contributed by atoms with E-state index in [-0.39, 0.29) is 35.5 Å². The van der Waals surface area contributed by atoms with E-state index in [0.29, 0.717) is 32.5 Å². The summed E-state index contributed by atoms with van der Waals surface area (Å²) in [6.07, 6.45) is 1.82. The summed E-state index contributed by atoms with van der Waals surface area (Å²) in [5, 5.41) is 25.0. The SMILES string of the molecule is N#CNC1=NC(c2cc(Br)ccc2OCc2c(Cl)cccc2Cl)c2c(nc(N)c(C#N)c2N)N1. The molecule has 1 aromatic heterocycles. The van der Waals surface area contributed by atoms with Gasteiger partial charge < -0.3 is 21.5 Å². The molecule has 1 atom stereocenters. The second-order valence-corrected chi connectivity index (χ2v) is 8.80. The summed E-state index contributed by atoms with van der Waals surface area (Å²) < 4.78 is 6.86. The van der Waals surface area contributed by atoms with Crippen molar-refractivity contribution < 1.29 is 4.74 Å². The maximum absolute atomic E-state index is 9.54. The number of fused-ring (bicyclic) bond motifs is 1. The van der Waals surface area contributed by atoms with Gasteiger partial charge in [-0.1, -0.05) is 45.2 Å². The number of hydrogen-bond acceptors (Lipinski definition) is 9. The molecular weight excluding hydrogens is 543 g/mol. The van der Waals surface area contributed by atoms with E-state index < -0.39 is 6.04 Å². The van der Waals surface area contributed by atoms with Crippen molar-refractivity contribution in [3.8, 4) is 18.0 Å². The minimum Gasteiger partial charge on any atom is -0.488 e. The second kappa shape index (κ2) is 9.65. The number of ether oxygens (including phenoxy) is 1. The second-order valence-electron chi connectivity index (χ2n) is 7.07. The van der Waals surface area contributed by atoms with E-state index in [1.807, 2.05) is 12.3 Å². The van der Waals surface area contributed by atoms with Crippen LogP contribution in [0.2, 0.25) is 10.0 Å². The van der Waals surface area contributed by atoms with Crippen molar-refractivity contribution in [2.75, 3.05) is 16.8 Å². The van der Waals surface area contributed by atoms with Gasteiger partial charge in [0.15, 0.2) is 6.19 Å². The predicted molar refractivity (Wildman–Crippen MR) is 134 cm³/mol. The van der Waals surface area contributed by atoms with Gasteiger partial charge in [-0.15, -0.1) is 0 Å². The fraction of sp³-hybridized carbons (Fsp3) is 0.0909. The summed E-state index contributed by atoms with van der Waals surface area (Å²) in [6.45, 7) is 0.0941. The number of pyridine rings is 1. The predicted octanol–water partition coefficient (Wildman–Crippen LogP) is 4.71. The smallest absolute Gasteiger partial charge is 0.211 e. The average molecular weight is 558 g/mol. The number of nitrogens with two attached hydrogens (primary N) is 2. The molecule has 2 heterocycles. The van der Waals surface area contributed by atoms with Crippen LogP contribution in [0.15, 0.2) is 45.9 Å². The van der Waals surface area contributed by atoms with E-state index in [1.54, 1.807) is 36.4 Å². The highest BCUT2D eigenvalue weighted by atomic mass is 79.9. The lowest BCUT2D eigenvalue weighted by Crippen LogP contribution is -2.33. The van der Waals surface area contributed by atoms with Gasteiger partial charge in [-0.25, -0.2) is 9.98 Å². The fourth-order valence-corrected chi connectivity index (χ4v) is 4.38. The van der Waals surface area contributed by atoms with E-state index in [1.165, 1.54) is 0 Å². The lowest BCUT2D eigenvalue weighted by atomic mass is 9.94. The molecule has 0 amide bonds. The number of aromatic nitrogens is 1. The number of benzene rings is 2. The van der Waals surface area contributed by atoms with Crippen molar-refractivity contribution in [3.05, 3.63) is 73.2 Å². The topological polar surface area (TPSA) is 158 Å². The Hall–Kier alpha value is -3.70. The number of hydrogen-bond donors (Lipinski definition) is 4. The molecule has 1 unspecified atom stereocenters. The third-order valence-electron chi connectivity index (χ3n) is 5.06. The van der Waals surface area contributed by atoms with Crippen molar-refractivity contribution >= 4 is 62.4 Å². The van der Waals surface area contributed by atoms with Crippen LogP contribution in [0.25, 0.3) is 0 Å². The molecule has 1 aliphatic heterocycles. The molecule has 0 bridgehead atoms. The molecule has 0 radical (unpaired) electrons. The molecular formula is C22H15BrCl2N8O. The van der Waals surface area contributed by atoms with Gasteiger partial charge in [-0.2, -0.15) is 10.5 Å². The third-order valence-corrected chi connectivity index (χ3v) is 6.26. The van der Waals surface area contributed by atoms with Crippen molar-refractivity contribution in [3.63, 3.8) is 0 Å². The number of rotatable bonds is 4. The number of nitrogens with zero attached hydrogens (tertiary/aromatic N) is 4. The molecule has 2 aromatic carbocycles. The number of nitriles is 2. The number of nitrogens with one attached hydrogen (secondary N) is 2. The average Bonchev–Trinajstić information content (AvgIpc) is 2.79. The van der Waals surface area contributed by atoms with E-state index in [4.69, 9.17) is 44.7 Å². The van der Waals surface area contributed by atoms with E-state index in [0.717, 1.165) is 4.47 Å². The van der Waals surface area contributed by atoms with Gasteiger partial charge in [0.05, 0.1) is 5.69 Å². The summed E-state index contributed by atoms with van der Waals surface area (Å²) >= 11 is 16.1. The van der Waals surface area contributed by atoms with Gasteiger partial charge in [0, 0.05) is 31.2 Å². The van der Waals surface area contributed by atoms with Crippen LogP contribution in [0.5, 0.6) is 5.75 Å². The Balaban J connectivity index is 1.85. The molecule has 0 saturated carbocycles. The quantitative estimate of drug-likeness (QED) is 0.265. The van der Waals surface area contributed by atoms with E-state index >= 15 is 0 Å². The highest BCUT2D eigenvalue weighted by Crippen LogP contribution is 2.44. The molecule has 9 nitrogen and oxygen atoms in total. The van der Waals surface area contributed by atoms with Gasteiger partial charge in [0.2, 0.25) is 5.96 Å². The standard InChI is InChI=1S/C22H15BrCl2N8O/c23-10-4-5-16(34-8-13-14(24)2-1-3-15(13)25)11(6-10)19-17-18(28)12(7-26)20(29)32-21(17)33-22(31-19)30-9-27/h1-6,19H,8H2,(H6,28,29,30,31,32,33). The van der Waals surface area contributed by atoms with Crippen LogP contribution < -0.4 is 26.8 Å². The Bertz CT molecular complexity index is 1390. The van der Waals surface area contributed by atoms with Crippen LogP contribution in [0.4, 0.5) is 17.3 Å². The largest absolute Gasteiger partial charge is 0.488 e. The molecule has 0 saturated heterocycles. The molecule has 0 aliphatic carbocycles. The maximum atomic E-state index is 9.54. The Morgan fingerprint density at radius 1 is 1.18 bits per heavy atom. The minimum atomic E-state index is -0.776. The van der Waals surface area contributed by atoms with Crippen LogP contribution in [0.3, 0.4) is 0 Å². The zero-order chi connectivity index (χ0) is 24.4. The first-order chi connectivity index (χ1) is 16.3. The molecule has 0 spiro atoms. The molecule has 34 heavy (non-hydrogen) atoms. The Labute approximate surface area is 213 Å². The molecule has 12 heteroatoms. The lowest BCUT2D eigenvalue weighted by Gasteiger charge is -2.27. The van der Waals surface area contributed by atoms with Crippen LogP contribution >= 0.6 is 39.1 Å². The van der Waals surface area contributed by atoms with Crippen molar-refractivity contribution in [2.45, 2.75) is 12.6 Å². The van der Waals surface area contributed by atoms with Gasteiger partial charge in [0.25, 0.3) is 0 Å². The summed E-state index contributed by atoms with van der Waals surface area (Å²) in [5.74, 6) is 0.831. The highest BCUT2D eigenvalue weighted by molar-refractivity contribution is 9.10. The van der Waals surface area contributed by atoms with Crippen LogP contribution in [0, 0.1) is 22.8 Å². The maximum Gasteiger partial charge on any atom is 0.211 e. The zero-order valence-electron chi connectivity index (χ0n) is 17.2. The normalized spacial score (nSPS) is 14.1. The van der Waals surface area contributed by atoms with Crippen molar-refractivity contribution in [1.29, 1.82) is 10.5 Å². The molecule has 170 valence electrons. The first-order valence-corrected chi connectivity index (χ1v) is 11.2. The first kappa shape index (κ1) is 23.5. The number of halogens is 3. The van der Waals surface area contributed by atoms with Gasteiger partial charge in [-0.3, -0.25) is 5.32 Å². The molecule has 0 fully saturated rings. The number of nitrogen functional groups attached to an aromatic ring is 2. The monoisotopic (exact) mass is 556 g/mol. The summed E-state index contributed by atoms with van der Waals surface area (Å²) in [5.41, 5.74) is 14.1. The van der Waals surface area contributed by atoms with E-state index in [2.05, 4.69) is 36.5 Å². The number of guanidine groups is 1. The lowest BCUT2D eigenvalue weighted by molar-refractivity contribution is 0.302. The van der Waals surface area contributed by atoms with Gasteiger partial charge in [0.1, 0.15) is 41.7 Å². The number of aliphatic imine (C=N–C) groups is 1. The minimum absolute atomic E-state index is 0.0396. The highest BCUT2D eigenvalue weighted by Gasteiger charge is 2.31. The van der Waals surface area contributed by atoms with Crippen molar-refractivity contribution in [1.82, 2.24) is 10.3 Å². The summed E-state index contributed by atoms with van der Waals surface area (Å²) in [4.78, 5) is 8.86. The van der Waals surface area contributed by atoms with Crippen LogP contribution in [-0.4, -0.2) is 10.9 Å². The van der Waals surface area contributed by atoms with Gasteiger partial charge >= 0.3 is 0 Å². The van der Waals surface area contributed by atoms with Crippen LogP contribution in [0.1, 0.15) is 28.3 Å². The zero-order valence-corrected chi connectivity index (χ0v) is 20.3. The van der Waals surface area contributed by atoms with Gasteiger partial charge in [-0.05, 0) is 30.3 Å². The molecule has 1 aliphatic rings. The number of anilines is 3. The van der Waals surface area contributed by atoms with E-state index in [9.17, 15) is 5.26 Å².